The molecule has 118 valence electrons. The maximum atomic E-state index is 12.3. The summed E-state index contributed by atoms with van der Waals surface area (Å²) < 4.78 is 0. The fourth-order valence-corrected chi connectivity index (χ4v) is 2.47. The first-order valence-corrected chi connectivity index (χ1v) is 7.10. The molecular weight excluding hydrogens is 286 g/mol. The molecule has 7 nitrogen and oxygen atoms in total. The van der Waals surface area contributed by atoms with E-state index in [0.29, 0.717) is 13.1 Å². The molecule has 1 aliphatic rings. The zero-order valence-corrected chi connectivity index (χ0v) is 12.3. The molecule has 1 fully saturated rings. The van der Waals surface area contributed by atoms with E-state index in [9.17, 15) is 14.4 Å². The average Bonchev–Trinajstić information content (AvgIpc) is 2.47. The summed E-state index contributed by atoms with van der Waals surface area (Å²) in [5.74, 6) is -1.21. The van der Waals surface area contributed by atoms with Gasteiger partial charge in [0, 0.05) is 19.6 Å². The Bertz CT molecular complexity index is 588. The molecule has 1 heterocycles. The topological polar surface area (TPSA) is 98.7 Å². The Morgan fingerprint density at radius 3 is 2.82 bits per heavy atom. The van der Waals surface area contributed by atoms with Crippen molar-refractivity contribution in [2.75, 3.05) is 19.6 Å². The van der Waals surface area contributed by atoms with Crippen LogP contribution in [0.5, 0.6) is 0 Å². The van der Waals surface area contributed by atoms with Crippen molar-refractivity contribution >= 4 is 17.9 Å². The van der Waals surface area contributed by atoms with Crippen molar-refractivity contribution in [3.63, 3.8) is 0 Å². The standard InChI is InChI=1S/C15H19N3O4/c1-10-4-2-3-5-11(10)13-14(21)16-8-9-18(13)15(22)17-7-6-12(19)20/h2-5,13H,6-9H2,1H3,(H,16,21)(H,17,22)(H,19,20). The van der Waals surface area contributed by atoms with Crippen LogP contribution in [-0.2, 0) is 9.59 Å². The van der Waals surface area contributed by atoms with E-state index in [-0.39, 0.29) is 18.9 Å². The number of hydrogen-bond donors (Lipinski definition) is 3. The number of carbonyl (C=O) groups excluding carboxylic acids is 2. The number of nitrogens with zero attached hydrogens (tertiary/aromatic N) is 1. The van der Waals surface area contributed by atoms with Gasteiger partial charge in [0.05, 0.1) is 6.42 Å². The third kappa shape index (κ3) is 3.55. The normalized spacial score (nSPS) is 17.8. The van der Waals surface area contributed by atoms with Gasteiger partial charge >= 0.3 is 12.0 Å². The van der Waals surface area contributed by atoms with Crippen molar-refractivity contribution < 1.29 is 19.5 Å². The number of nitrogens with one attached hydrogen (secondary N) is 2. The van der Waals surface area contributed by atoms with E-state index in [4.69, 9.17) is 5.11 Å². The zero-order valence-electron chi connectivity index (χ0n) is 12.3. The molecule has 1 aliphatic heterocycles. The Morgan fingerprint density at radius 1 is 1.41 bits per heavy atom. The highest BCUT2D eigenvalue weighted by molar-refractivity contribution is 5.89. The third-order valence-corrected chi connectivity index (χ3v) is 3.57. The van der Waals surface area contributed by atoms with Crippen LogP contribution < -0.4 is 10.6 Å². The highest BCUT2D eigenvalue weighted by atomic mass is 16.4. The van der Waals surface area contributed by atoms with E-state index < -0.39 is 18.0 Å². The number of amides is 3. The molecule has 0 bridgehead atoms. The largest absolute Gasteiger partial charge is 0.481 e. The van der Waals surface area contributed by atoms with Gasteiger partial charge in [-0.1, -0.05) is 24.3 Å². The molecule has 1 aromatic carbocycles. The molecular formula is C15H19N3O4. The third-order valence-electron chi connectivity index (χ3n) is 3.57. The van der Waals surface area contributed by atoms with Crippen LogP contribution in [0.25, 0.3) is 0 Å². The molecule has 1 aromatic rings. The number of hydrogen-bond acceptors (Lipinski definition) is 3. The van der Waals surface area contributed by atoms with Crippen molar-refractivity contribution in [3.8, 4) is 0 Å². The minimum absolute atomic E-state index is 0.0345. The van der Waals surface area contributed by atoms with Crippen LogP contribution in [0.15, 0.2) is 24.3 Å². The SMILES string of the molecule is Cc1ccccc1C1C(=O)NCCN1C(=O)NCCC(=O)O. The molecule has 3 amide bonds. The maximum Gasteiger partial charge on any atom is 0.318 e. The van der Waals surface area contributed by atoms with Crippen molar-refractivity contribution in [1.29, 1.82) is 0 Å². The van der Waals surface area contributed by atoms with Gasteiger partial charge in [0.15, 0.2) is 0 Å². The molecule has 22 heavy (non-hydrogen) atoms. The average molecular weight is 305 g/mol. The number of rotatable bonds is 4. The number of benzene rings is 1. The summed E-state index contributed by atoms with van der Waals surface area (Å²) >= 11 is 0. The zero-order chi connectivity index (χ0) is 16.1. The minimum Gasteiger partial charge on any atom is -0.481 e. The van der Waals surface area contributed by atoms with Crippen LogP contribution in [-0.4, -0.2) is 47.5 Å². The van der Waals surface area contributed by atoms with Gasteiger partial charge in [-0.2, -0.15) is 0 Å². The van der Waals surface area contributed by atoms with Crippen molar-refractivity contribution in [3.05, 3.63) is 35.4 Å². The lowest BCUT2D eigenvalue weighted by molar-refractivity contribution is -0.137. The Balaban J connectivity index is 2.17. The molecule has 0 saturated carbocycles. The molecule has 1 saturated heterocycles. The van der Waals surface area contributed by atoms with E-state index in [0.717, 1.165) is 11.1 Å². The fraction of sp³-hybridized carbons (Fsp3) is 0.400. The van der Waals surface area contributed by atoms with E-state index in [1.165, 1.54) is 4.90 Å². The van der Waals surface area contributed by atoms with Crippen LogP contribution in [0.1, 0.15) is 23.6 Å². The Labute approximate surface area is 128 Å². The predicted octanol–water partition coefficient (Wildman–Crippen LogP) is 0.652. The van der Waals surface area contributed by atoms with Gasteiger partial charge in [-0.15, -0.1) is 0 Å². The summed E-state index contributed by atoms with van der Waals surface area (Å²) in [5, 5.41) is 13.9. The van der Waals surface area contributed by atoms with Gasteiger partial charge in [-0.25, -0.2) is 4.79 Å². The summed E-state index contributed by atoms with van der Waals surface area (Å²) in [7, 11) is 0. The molecule has 2 rings (SSSR count). The van der Waals surface area contributed by atoms with Gasteiger partial charge in [-0.3, -0.25) is 9.59 Å². The van der Waals surface area contributed by atoms with Gasteiger partial charge in [0.1, 0.15) is 6.04 Å². The molecule has 1 atom stereocenters. The molecule has 3 N–H and O–H groups in total. The summed E-state index contributed by atoms with van der Waals surface area (Å²) in [6, 6.07) is 6.28. The Morgan fingerprint density at radius 2 is 2.14 bits per heavy atom. The van der Waals surface area contributed by atoms with Crippen LogP contribution in [0.2, 0.25) is 0 Å². The second-order valence-corrected chi connectivity index (χ2v) is 5.12. The van der Waals surface area contributed by atoms with Crippen molar-refractivity contribution in [2.45, 2.75) is 19.4 Å². The quantitative estimate of drug-likeness (QED) is 0.760. The highest BCUT2D eigenvalue weighted by Crippen LogP contribution is 2.25. The number of carboxylic acids is 1. The summed E-state index contributed by atoms with van der Waals surface area (Å²) in [6.45, 7) is 2.68. The predicted molar refractivity (Wildman–Crippen MR) is 79.3 cm³/mol. The number of aliphatic carboxylic acids is 1. The fourth-order valence-electron chi connectivity index (χ4n) is 2.47. The first-order chi connectivity index (χ1) is 10.5. The number of urea groups is 1. The van der Waals surface area contributed by atoms with Gasteiger partial charge in [0.2, 0.25) is 5.91 Å². The molecule has 0 aliphatic carbocycles. The summed E-state index contributed by atoms with van der Waals surface area (Å²) in [6.07, 6.45) is -0.152. The van der Waals surface area contributed by atoms with Crippen LogP contribution in [0.3, 0.4) is 0 Å². The summed E-state index contributed by atoms with van der Waals surface area (Å²) in [5.41, 5.74) is 1.70. The highest BCUT2D eigenvalue weighted by Gasteiger charge is 2.34. The van der Waals surface area contributed by atoms with E-state index in [1.807, 2.05) is 31.2 Å². The first kappa shape index (κ1) is 15.8. The minimum atomic E-state index is -0.979. The van der Waals surface area contributed by atoms with E-state index in [1.54, 1.807) is 0 Å². The lowest BCUT2D eigenvalue weighted by Gasteiger charge is -2.35. The summed E-state index contributed by atoms with van der Waals surface area (Å²) in [4.78, 5) is 36.4. The van der Waals surface area contributed by atoms with Crippen LogP contribution in [0.4, 0.5) is 4.79 Å². The van der Waals surface area contributed by atoms with Crippen LogP contribution in [0, 0.1) is 6.92 Å². The lowest BCUT2D eigenvalue weighted by atomic mass is 9.98. The van der Waals surface area contributed by atoms with Gasteiger partial charge in [0.25, 0.3) is 0 Å². The Hall–Kier alpha value is -2.57. The Kier molecular flexibility index (Phi) is 4.98. The van der Waals surface area contributed by atoms with Crippen molar-refractivity contribution in [2.24, 2.45) is 0 Å². The molecule has 0 radical (unpaired) electrons. The molecule has 7 heteroatoms. The smallest absolute Gasteiger partial charge is 0.318 e. The maximum absolute atomic E-state index is 12.3. The number of piperazine rings is 1. The van der Waals surface area contributed by atoms with Gasteiger partial charge < -0.3 is 20.6 Å². The number of carboxylic acid groups (broad SMARTS) is 1. The molecule has 0 aromatic heterocycles. The van der Waals surface area contributed by atoms with E-state index >= 15 is 0 Å². The van der Waals surface area contributed by atoms with Gasteiger partial charge in [-0.05, 0) is 18.1 Å². The van der Waals surface area contributed by atoms with Crippen molar-refractivity contribution in [1.82, 2.24) is 15.5 Å². The number of aryl methyl sites for hydroxylation is 1. The van der Waals surface area contributed by atoms with Crippen LogP contribution >= 0.6 is 0 Å². The van der Waals surface area contributed by atoms with E-state index in [2.05, 4.69) is 10.6 Å². The second-order valence-electron chi connectivity index (χ2n) is 5.12. The monoisotopic (exact) mass is 305 g/mol. The first-order valence-electron chi connectivity index (χ1n) is 7.10. The second kappa shape index (κ2) is 6.93. The lowest BCUT2D eigenvalue weighted by Crippen LogP contribution is -2.55. The molecule has 1 unspecified atom stereocenters. The number of carbonyl (C=O) groups is 3. The molecule has 0 spiro atoms.